The van der Waals surface area contributed by atoms with Crippen molar-refractivity contribution in [1.82, 2.24) is 0 Å². The summed E-state index contributed by atoms with van der Waals surface area (Å²) in [6, 6.07) is 0. The Morgan fingerprint density at radius 2 is 2.00 bits per heavy atom. The normalized spacial score (nSPS) is 45.8. The summed E-state index contributed by atoms with van der Waals surface area (Å²) in [5, 5.41) is 0. The minimum Gasteiger partial charge on any atom is -0.375 e. The molecule has 2 heterocycles. The molecule has 2 aliphatic heterocycles. The molecule has 0 radical (unpaired) electrons. The summed E-state index contributed by atoms with van der Waals surface area (Å²) in [4.78, 5) is 0. The molecule has 0 spiro atoms. The zero-order valence-electron chi connectivity index (χ0n) is 8.17. The summed E-state index contributed by atoms with van der Waals surface area (Å²) in [7, 11) is 0. The number of ether oxygens (including phenoxy) is 2. The van der Waals surface area contributed by atoms with E-state index in [2.05, 4.69) is 20.8 Å². The van der Waals surface area contributed by atoms with Crippen molar-refractivity contribution in [3.63, 3.8) is 0 Å². The summed E-state index contributed by atoms with van der Waals surface area (Å²) in [6.07, 6.45) is 3.11. The van der Waals surface area contributed by atoms with Gasteiger partial charge in [-0.05, 0) is 32.6 Å². The van der Waals surface area contributed by atoms with E-state index in [1.54, 1.807) is 0 Å². The second kappa shape index (κ2) is 2.71. The minimum atomic E-state index is 0.0850. The van der Waals surface area contributed by atoms with E-state index in [9.17, 15) is 0 Å². The van der Waals surface area contributed by atoms with E-state index in [0.29, 0.717) is 12.2 Å². The van der Waals surface area contributed by atoms with Crippen LogP contribution in [0.3, 0.4) is 0 Å². The second-order valence-corrected chi connectivity index (χ2v) is 4.68. The van der Waals surface area contributed by atoms with Crippen molar-refractivity contribution in [1.29, 1.82) is 0 Å². The van der Waals surface area contributed by atoms with Gasteiger partial charge in [0.05, 0.1) is 11.7 Å². The maximum absolute atomic E-state index is 5.68. The summed E-state index contributed by atoms with van der Waals surface area (Å²) in [5.74, 6) is 0.809. The van der Waals surface area contributed by atoms with Gasteiger partial charge in [-0.2, -0.15) is 0 Å². The van der Waals surface area contributed by atoms with Gasteiger partial charge in [0.1, 0.15) is 6.10 Å². The first kappa shape index (κ1) is 8.52. The van der Waals surface area contributed by atoms with Gasteiger partial charge in [0, 0.05) is 6.61 Å². The number of rotatable bonds is 1. The molecule has 2 rings (SSSR count). The predicted octanol–water partition coefficient (Wildman–Crippen LogP) is 1.98. The topological polar surface area (TPSA) is 21.8 Å². The zero-order valence-corrected chi connectivity index (χ0v) is 8.17. The first-order valence-electron chi connectivity index (χ1n) is 4.89. The average Bonchev–Trinajstić information content (AvgIpc) is 2.60. The van der Waals surface area contributed by atoms with Gasteiger partial charge < -0.3 is 9.47 Å². The van der Waals surface area contributed by atoms with Crippen LogP contribution in [-0.2, 0) is 9.47 Å². The van der Waals surface area contributed by atoms with Crippen molar-refractivity contribution >= 4 is 0 Å². The highest BCUT2D eigenvalue weighted by atomic mass is 16.6. The van der Waals surface area contributed by atoms with Gasteiger partial charge in [0.15, 0.2) is 0 Å². The third-order valence-corrected chi connectivity index (χ3v) is 2.97. The molecule has 0 aromatic carbocycles. The Hall–Kier alpha value is -0.0800. The van der Waals surface area contributed by atoms with E-state index < -0.39 is 0 Å². The second-order valence-electron chi connectivity index (χ2n) is 4.68. The van der Waals surface area contributed by atoms with Crippen LogP contribution < -0.4 is 0 Å². The Labute approximate surface area is 74.2 Å². The zero-order chi connectivity index (χ0) is 8.77. The molecule has 0 saturated carbocycles. The summed E-state index contributed by atoms with van der Waals surface area (Å²) in [5.41, 5.74) is 0.0850. The Morgan fingerprint density at radius 1 is 1.33 bits per heavy atom. The first-order valence-corrected chi connectivity index (χ1v) is 4.89. The Kier molecular flexibility index (Phi) is 1.92. The smallest absolute Gasteiger partial charge is 0.113 e. The summed E-state index contributed by atoms with van der Waals surface area (Å²) in [6.45, 7) is 7.49. The van der Waals surface area contributed by atoms with Crippen LogP contribution in [0.15, 0.2) is 0 Å². The van der Waals surface area contributed by atoms with Crippen molar-refractivity contribution in [2.45, 2.75) is 51.4 Å². The lowest BCUT2D eigenvalue weighted by Gasteiger charge is -2.26. The van der Waals surface area contributed by atoms with E-state index in [4.69, 9.17) is 9.47 Å². The van der Waals surface area contributed by atoms with E-state index in [-0.39, 0.29) is 5.60 Å². The van der Waals surface area contributed by atoms with E-state index in [0.717, 1.165) is 12.5 Å². The molecule has 2 heteroatoms. The van der Waals surface area contributed by atoms with Gasteiger partial charge in [-0.25, -0.2) is 0 Å². The van der Waals surface area contributed by atoms with Crippen LogP contribution in [0, 0.1) is 5.92 Å². The molecule has 2 saturated heterocycles. The predicted molar refractivity (Wildman–Crippen MR) is 47.1 cm³/mol. The van der Waals surface area contributed by atoms with Crippen LogP contribution in [0.5, 0.6) is 0 Å². The summed E-state index contributed by atoms with van der Waals surface area (Å²) >= 11 is 0. The van der Waals surface area contributed by atoms with Crippen molar-refractivity contribution in [3.8, 4) is 0 Å². The molecule has 2 fully saturated rings. The molecule has 0 aromatic heterocycles. The lowest BCUT2D eigenvalue weighted by molar-refractivity contribution is -0.0199. The van der Waals surface area contributed by atoms with Crippen LogP contribution in [0.2, 0.25) is 0 Å². The fourth-order valence-electron chi connectivity index (χ4n) is 2.03. The monoisotopic (exact) mass is 170 g/mol. The highest BCUT2D eigenvalue weighted by Gasteiger charge is 2.53. The molecule has 0 aliphatic carbocycles. The lowest BCUT2D eigenvalue weighted by atomic mass is 9.93. The molecule has 70 valence electrons. The number of hydrogen-bond donors (Lipinski definition) is 0. The fraction of sp³-hybridized carbons (Fsp3) is 1.00. The van der Waals surface area contributed by atoms with Crippen LogP contribution in [0.4, 0.5) is 0 Å². The van der Waals surface area contributed by atoms with Crippen molar-refractivity contribution < 1.29 is 9.47 Å². The maximum atomic E-state index is 5.68. The number of epoxide rings is 1. The third kappa shape index (κ3) is 1.50. The Bertz CT molecular complexity index is 177. The van der Waals surface area contributed by atoms with Crippen molar-refractivity contribution in [2.24, 2.45) is 5.92 Å². The van der Waals surface area contributed by atoms with Crippen LogP contribution >= 0.6 is 0 Å². The van der Waals surface area contributed by atoms with Crippen LogP contribution in [0.25, 0.3) is 0 Å². The van der Waals surface area contributed by atoms with Gasteiger partial charge >= 0.3 is 0 Å². The molecule has 0 bridgehead atoms. The van der Waals surface area contributed by atoms with Gasteiger partial charge in [0.25, 0.3) is 0 Å². The van der Waals surface area contributed by atoms with Crippen molar-refractivity contribution in [3.05, 3.63) is 0 Å². The quantitative estimate of drug-likeness (QED) is 0.561. The molecular formula is C10H18O2. The van der Waals surface area contributed by atoms with Crippen LogP contribution in [0.1, 0.15) is 33.6 Å². The molecule has 2 aliphatic rings. The third-order valence-electron chi connectivity index (χ3n) is 2.97. The molecule has 3 unspecified atom stereocenters. The maximum Gasteiger partial charge on any atom is 0.113 e. The number of hydrogen-bond acceptors (Lipinski definition) is 2. The van der Waals surface area contributed by atoms with Gasteiger partial charge in [-0.1, -0.05) is 6.92 Å². The van der Waals surface area contributed by atoms with E-state index in [1.165, 1.54) is 12.8 Å². The Morgan fingerprint density at radius 3 is 2.50 bits per heavy atom. The lowest BCUT2D eigenvalue weighted by Crippen LogP contribution is -2.31. The molecule has 0 amide bonds. The SMILES string of the molecule is CC1CCOC(C2OC2(C)C)C1. The Balaban J connectivity index is 1.89. The van der Waals surface area contributed by atoms with E-state index >= 15 is 0 Å². The van der Waals surface area contributed by atoms with Crippen molar-refractivity contribution in [2.75, 3.05) is 6.61 Å². The summed E-state index contributed by atoms with van der Waals surface area (Å²) < 4.78 is 11.3. The average molecular weight is 170 g/mol. The largest absolute Gasteiger partial charge is 0.375 e. The molecule has 12 heavy (non-hydrogen) atoms. The molecular weight excluding hydrogens is 152 g/mol. The highest BCUT2D eigenvalue weighted by Crippen LogP contribution is 2.42. The van der Waals surface area contributed by atoms with Crippen LogP contribution in [-0.4, -0.2) is 24.4 Å². The molecule has 0 aromatic rings. The minimum absolute atomic E-state index is 0.0850. The van der Waals surface area contributed by atoms with Gasteiger partial charge in [-0.3, -0.25) is 0 Å². The molecule has 2 nitrogen and oxygen atoms in total. The van der Waals surface area contributed by atoms with Gasteiger partial charge in [0.2, 0.25) is 0 Å². The fourth-order valence-corrected chi connectivity index (χ4v) is 2.03. The standard InChI is InChI=1S/C10H18O2/c1-7-4-5-11-8(6-7)9-10(2,3)12-9/h7-9H,4-6H2,1-3H3. The van der Waals surface area contributed by atoms with Gasteiger partial charge in [-0.15, -0.1) is 0 Å². The highest BCUT2D eigenvalue weighted by molar-refractivity contribution is 5.00. The van der Waals surface area contributed by atoms with E-state index in [1.807, 2.05) is 0 Å². The molecule has 0 N–H and O–H groups in total. The molecule has 3 atom stereocenters. The first-order chi connectivity index (χ1) is 5.59.